The third kappa shape index (κ3) is 4.17. The number of rotatable bonds is 5. The second-order valence-electron chi connectivity index (χ2n) is 10.2. The average molecular weight is 556 g/mol. The van der Waals surface area contributed by atoms with Gasteiger partial charge in [0.2, 0.25) is 0 Å². The Hall–Kier alpha value is -5.44. The highest BCUT2D eigenvalue weighted by Crippen LogP contribution is 2.49. The molecular weight excluding hydrogens is 526 g/mol. The van der Waals surface area contributed by atoms with E-state index in [0.29, 0.717) is 34.8 Å². The Morgan fingerprint density at radius 3 is 2.36 bits per heavy atom. The van der Waals surface area contributed by atoms with Gasteiger partial charge in [0.05, 0.1) is 37.3 Å². The molecule has 0 aliphatic carbocycles. The number of para-hydroxylation sites is 2. The van der Waals surface area contributed by atoms with Crippen LogP contribution in [0, 0.1) is 13.8 Å². The minimum Gasteiger partial charge on any atom is -0.493 e. The summed E-state index contributed by atoms with van der Waals surface area (Å²) in [5.41, 5.74) is 6.71. The summed E-state index contributed by atoms with van der Waals surface area (Å²) in [6, 6.07) is 27.9. The molecule has 0 bridgehead atoms. The van der Waals surface area contributed by atoms with Crippen LogP contribution in [0.2, 0.25) is 0 Å². The van der Waals surface area contributed by atoms with Gasteiger partial charge in [-0.3, -0.25) is 0 Å². The van der Waals surface area contributed by atoms with Crippen LogP contribution in [0.15, 0.2) is 101 Å². The number of aromatic nitrogens is 3. The number of amidine groups is 2. The van der Waals surface area contributed by atoms with Gasteiger partial charge < -0.3 is 19.7 Å². The standard InChI is InChI=1S/C33H29N7O2/c1-20-12-15-23(16-13-20)35-31-33-37-32-29(21(2)38-40(32)28-11-7-8-18-34-28)30(22-14-17-26(41-3)27(19-22)42-4)39(33)25-10-6-5-9-24(25)36-31/h5-19,30H,1-4H3,(H,35,36)/t30-/m0/s1. The van der Waals surface area contributed by atoms with E-state index in [-0.39, 0.29) is 6.04 Å². The van der Waals surface area contributed by atoms with E-state index in [0.717, 1.165) is 33.9 Å². The molecule has 1 N–H and O–H groups in total. The van der Waals surface area contributed by atoms with Crippen LogP contribution in [0.5, 0.6) is 11.5 Å². The van der Waals surface area contributed by atoms with Crippen molar-refractivity contribution in [2.45, 2.75) is 19.9 Å². The Morgan fingerprint density at radius 1 is 0.810 bits per heavy atom. The zero-order chi connectivity index (χ0) is 28.8. The number of methoxy groups -OCH3 is 2. The van der Waals surface area contributed by atoms with Crippen molar-refractivity contribution in [2.75, 3.05) is 24.4 Å². The fraction of sp³-hybridized carbons (Fsp3) is 0.152. The Labute approximate surface area is 243 Å². The maximum absolute atomic E-state index is 5.74. The molecule has 2 aromatic heterocycles. The first-order valence-corrected chi connectivity index (χ1v) is 13.7. The monoisotopic (exact) mass is 555 g/mol. The summed E-state index contributed by atoms with van der Waals surface area (Å²) in [6.07, 6.45) is 1.76. The van der Waals surface area contributed by atoms with Crippen molar-refractivity contribution in [1.82, 2.24) is 14.8 Å². The van der Waals surface area contributed by atoms with E-state index in [1.165, 1.54) is 5.56 Å². The Balaban J connectivity index is 1.50. The predicted molar refractivity (Wildman–Crippen MR) is 165 cm³/mol. The molecule has 5 aromatic rings. The van der Waals surface area contributed by atoms with E-state index < -0.39 is 0 Å². The van der Waals surface area contributed by atoms with Gasteiger partial charge in [0, 0.05) is 17.4 Å². The molecule has 0 radical (unpaired) electrons. The Morgan fingerprint density at radius 2 is 1.60 bits per heavy atom. The van der Waals surface area contributed by atoms with Crippen LogP contribution >= 0.6 is 0 Å². The summed E-state index contributed by atoms with van der Waals surface area (Å²) in [6.45, 7) is 4.09. The lowest BCUT2D eigenvalue weighted by Crippen LogP contribution is -2.46. The molecule has 0 unspecified atom stereocenters. The van der Waals surface area contributed by atoms with Gasteiger partial charge >= 0.3 is 0 Å². The summed E-state index contributed by atoms with van der Waals surface area (Å²) in [7, 11) is 3.29. The number of aliphatic imine (C=N–C) groups is 2. The quantitative estimate of drug-likeness (QED) is 0.260. The van der Waals surface area contributed by atoms with Crippen LogP contribution in [0.1, 0.15) is 28.4 Å². The van der Waals surface area contributed by atoms with E-state index in [1.54, 1.807) is 20.4 Å². The number of fused-ring (bicyclic) bond motifs is 4. The molecule has 2 aliphatic heterocycles. The highest BCUT2D eigenvalue weighted by Gasteiger charge is 2.41. The number of nitrogens with one attached hydrogen (secondary N) is 1. The molecule has 7 rings (SSSR count). The lowest BCUT2D eigenvalue weighted by Gasteiger charge is -2.40. The highest BCUT2D eigenvalue weighted by molar-refractivity contribution is 6.51. The van der Waals surface area contributed by atoms with Gasteiger partial charge in [-0.25, -0.2) is 15.0 Å². The van der Waals surface area contributed by atoms with Gasteiger partial charge in [-0.15, -0.1) is 0 Å². The van der Waals surface area contributed by atoms with E-state index in [1.807, 2.05) is 72.3 Å². The van der Waals surface area contributed by atoms with Crippen LogP contribution in [0.4, 0.5) is 22.9 Å². The first kappa shape index (κ1) is 25.5. The van der Waals surface area contributed by atoms with Gasteiger partial charge in [0.15, 0.2) is 34.8 Å². The van der Waals surface area contributed by atoms with Gasteiger partial charge in [0.1, 0.15) is 0 Å². The number of aryl methyl sites for hydroxylation is 2. The van der Waals surface area contributed by atoms with Crippen LogP contribution in [0.25, 0.3) is 5.82 Å². The zero-order valence-corrected chi connectivity index (χ0v) is 23.7. The summed E-state index contributed by atoms with van der Waals surface area (Å²) < 4.78 is 13.1. The van der Waals surface area contributed by atoms with Crippen molar-refractivity contribution in [2.24, 2.45) is 9.98 Å². The number of anilines is 2. The van der Waals surface area contributed by atoms with Gasteiger partial charge in [-0.05, 0) is 67.9 Å². The maximum Gasteiger partial charge on any atom is 0.179 e. The second-order valence-corrected chi connectivity index (χ2v) is 10.2. The number of nitrogens with zero attached hydrogens (tertiary/aromatic N) is 6. The summed E-state index contributed by atoms with van der Waals surface area (Å²) in [4.78, 5) is 17.2. The van der Waals surface area contributed by atoms with Crippen molar-refractivity contribution in [3.63, 3.8) is 0 Å². The average Bonchev–Trinajstić information content (AvgIpc) is 3.37. The first-order valence-electron chi connectivity index (χ1n) is 13.7. The molecule has 42 heavy (non-hydrogen) atoms. The molecule has 2 aliphatic rings. The lowest BCUT2D eigenvalue weighted by molar-refractivity contribution is 0.354. The number of benzene rings is 3. The molecule has 9 heteroatoms. The van der Waals surface area contributed by atoms with E-state index in [4.69, 9.17) is 24.6 Å². The summed E-state index contributed by atoms with van der Waals surface area (Å²) in [5, 5.41) is 8.50. The molecule has 3 aromatic carbocycles. The van der Waals surface area contributed by atoms with Crippen LogP contribution in [-0.2, 0) is 0 Å². The molecule has 1 atom stereocenters. The smallest absolute Gasteiger partial charge is 0.179 e. The molecule has 0 amide bonds. The second kappa shape index (κ2) is 10.2. The number of ether oxygens (including phenoxy) is 2. The van der Waals surface area contributed by atoms with Gasteiger partial charge in [-0.2, -0.15) is 9.78 Å². The van der Waals surface area contributed by atoms with Crippen LogP contribution in [-0.4, -0.2) is 40.7 Å². The first-order chi connectivity index (χ1) is 20.6. The minimum atomic E-state index is -0.295. The molecule has 0 saturated carbocycles. The molecule has 0 saturated heterocycles. The Bertz CT molecular complexity index is 1860. The summed E-state index contributed by atoms with van der Waals surface area (Å²) in [5.74, 6) is 4.02. The predicted octanol–water partition coefficient (Wildman–Crippen LogP) is 6.70. The summed E-state index contributed by atoms with van der Waals surface area (Å²) >= 11 is 0. The maximum atomic E-state index is 5.74. The van der Waals surface area contributed by atoms with Crippen LogP contribution < -0.4 is 19.7 Å². The lowest BCUT2D eigenvalue weighted by atomic mass is 9.93. The Kier molecular flexibility index (Phi) is 6.19. The highest BCUT2D eigenvalue weighted by atomic mass is 16.5. The molecule has 208 valence electrons. The van der Waals surface area contributed by atoms with E-state index in [9.17, 15) is 0 Å². The van der Waals surface area contributed by atoms with Gasteiger partial charge in [-0.1, -0.05) is 42.0 Å². The largest absolute Gasteiger partial charge is 0.493 e. The normalized spacial score (nSPS) is 15.1. The zero-order valence-electron chi connectivity index (χ0n) is 23.7. The van der Waals surface area contributed by atoms with E-state index in [2.05, 4.69) is 46.4 Å². The third-order valence-corrected chi connectivity index (χ3v) is 7.54. The fourth-order valence-corrected chi connectivity index (χ4v) is 5.55. The number of hydrogen-bond acceptors (Lipinski definition) is 8. The van der Waals surface area contributed by atoms with Crippen molar-refractivity contribution >= 4 is 34.6 Å². The molecule has 0 fully saturated rings. The van der Waals surface area contributed by atoms with Crippen molar-refractivity contribution in [3.05, 3.63) is 114 Å². The van der Waals surface area contributed by atoms with Crippen molar-refractivity contribution in [3.8, 4) is 17.3 Å². The molecule has 9 nitrogen and oxygen atoms in total. The fourth-order valence-electron chi connectivity index (χ4n) is 5.55. The van der Waals surface area contributed by atoms with Crippen LogP contribution in [0.3, 0.4) is 0 Å². The number of pyridine rings is 1. The van der Waals surface area contributed by atoms with Crippen molar-refractivity contribution in [1.29, 1.82) is 0 Å². The number of hydrogen-bond donors (Lipinski definition) is 1. The third-order valence-electron chi connectivity index (χ3n) is 7.54. The topological polar surface area (TPSA) is 89.2 Å². The SMILES string of the molecule is COc1ccc([C@H]2c3c(C)nn(-c4ccccn4)c3N=C3C(Nc4ccc(C)cc4)=Nc4ccccc4N32)cc1OC. The van der Waals surface area contributed by atoms with Crippen molar-refractivity contribution < 1.29 is 9.47 Å². The molecule has 0 spiro atoms. The molecular formula is C33H29N7O2. The van der Waals surface area contributed by atoms with Gasteiger partial charge in [0.25, 0.3) is 0 Å². The molecule has 4 heterocycles. The van der Waals surface area contributed by atoms with E-state index >= 15 is 0 Å². The minimum absolute atomic E-state index is 0.295.